The first-order valence-corrected chi connectivity index (χ1v) is 8.26. The molecule has 0 saturated heterocycles. The number of nitrogen functional groups attached to an aromatic ring is 1. The molecule has 128 valence electrons. The number of benzene rings is 1. The molecule has 0 aliphatic heterocycles. The van der Waals surface area contributed by atoms with Gasteiger partial charge in [-0.2, -0.15) is 0 Å². The molecule has 1 aromatic carbocycles. The fraction of sp³-hybridized carbons (Fsp3) is 0.200. The molecular weight excluding hydrogens is 310 g/mol. The lowest BCUT2D eigenvalue weighted by Crippen LogP contribution is -2.20. The molecule has 5 heteroatoms. The third-order valence-electron chi connectivity index (χ3n) is 4.47. The molecular formula is C20H23N5. The summed E-state index contributed by atoms with van der Waals surface area (Å²) in [6, 6.07) is 10.4. The van der Waals surface area contributed by atoms with Crippen LogP contribution in [0.4, 0.5) is 5.69 Å². The number of nitrogens with zero attached hydrogens (tertiary/aromatic N) is 2. The maximum absolute atomic E-state index is 5.96. The van der Waals surface area contributed by atoms with Crippen molar-refractivity contribution < 1.29 is 0 Å². The minimum atomic E-state index is 0.277. The van der Waals surface area contributed by atoms with Crippen LogP contribution in [0.5, 0.6) is 0 Å². The van der Waals surface area contributed by atoms with Gasteiger partial charge in [0.05, 0.1) is 5.69 Å². The fourth-order valence-corrected chi connectivity index (χ4v) is 3.21. The van der Waals surface area contributed by atoms with Gasteiger partial charge in [-0.25, -0.2) is 0 Å². The van der Waals surface area contributed by atoms with Gasteiger partial charge in [0.1, 0.15) is 0 Å². The Morgan fingerprint density at radius 2 is 2.16 bits per heavy atom. The highest BCUT2D eigenvalue weighted by molar-refractivity contribution is 6.10. The predicted octanol–water partition coefficient (Wildman–Crippen LogP) is 2.76. The number of hydrogen-bond donors (Lipinski definition) is 3. The largest absolute Gasteiger partial charge is 0.404 e. The Bertz CT molecular complexity index is 864. The molecule has 2 aromatic rings. The number of anilines is 1. The molecule has 5 nitrogen and oxygen atoms in total. The van der Waals surface area contributed by atoms with Gasteiger partial charge in [0.25, 0.3) is 0 Å². The van der Waals surface area contributed by atoms with Crippen molar-refractivity contribution in [3.05, 3.63) is 71.2 Å². The van der Waals surface area contributed by atoms with E-state index in [0.29, 0.717) is 5.69 Å². The van der Waals surface area contributed by atoms with Gasteiger partial charge in [-0.1, -0.05) is 18.2 Å². The molecule has 5 N–H and O–H groups in total. The number of hydrogen-bond acceptors (Lipinski definition) is 5. The summed E-state index contributed by atoms with van der Waals surface area (Å²) in [5.41, 5.74) is 18.7. The first-order chi connectivity index (χ1) is 12.2. The number of aliphatic imine (C=N–C) groups is 1. The van der Waals surface area contributed by atoms with Crippen molar-refractivity contribution in [3.8, 4) is 0 Å². The Morgan fingerprint density at radius 3 is 2.84 bits per heavy atom. The summed E-state index contributed by atoms with van der Waals surface area (Å²) >= 11 is 0. The third kappa shape index (κ3) is 3.32. The normalized spacial score (nSPS) is 17.4. The Labute approximate surface area is 148 Å². The second kappa shape index (κ2) is 7.32. The molecule has 1 aliphatic rings. The lowest BCUT2D eigenvalue weighted by atomic mass is 9.84. The Morgan fingerprint density at radius 1 is 1.32 bits per heavy atom. The van der Waals surface area contributed by atoms with Crippen LogP contribution >= 0.6 is 0 Å². The maximum Gasteiger partial charge on any atom is 0.0725 e. The lowest BCUT2D eigenvalue weighted by molar-refractivity contribution is 0.596. The summed E-state index contributed by atoms with van der Waals surface area (Å²) < 4.78 is 0. The fourth-order valence-electron chi connectivity index (χ4n) is 3.21. The van der Waals surface area contributed by atoms with Gasteiger partial charge in [-0.3, -0.25) is 9.98 Å². The number of fused-ring (bicyclic) bond motifs is 1. The average Bonchev–Trinajstić information content (AvgIpc) is 2.64. The van der Waals surface area contributed by atoms with Gasteiger partial charge in [0, 0.05) is 48.5 Å². The molecule has 1 aromatic heterocycles. The molecule has 0 fully saturated rings. The number of rotatable bonds is 4. The van der Waals surface area contributed by atoms with Crippen molar-refractivity contribution in [2.75, 3.05) is 19.8 Å². The molecule has 0 saturated carbocycles. The van der Waals surface area contributed by atoms with Crippen LogP contribution in [-0.4, -0.2) is 25.3 Å². The van der Waals surface area contributed by atoms with Crippen molar-refractivity contribution in [2.24, 2.45) is 10.7 Å². The zero-order valence-electron chi connectivity index (χ0n) is 14.5. The second-order valence-corrected chi connectivity index (χ2v) is 5.98. The van der Waals surface area contributed by atoms with E-state index in [9.17, 15) is 0 Å². The number of pyridine rings is 1. The van der Waals surface area contributed by atoms with Gasteiger partial charge < -0.3 is 16.8 Å². The van der Waals surface area contributed by atoms with E-state index in [-0.39, 0.29) is 6.04 Å². The SMILES string of the molecule is CN=CC(=CN)c1ccc2c(c1)C(c1cc(N)ccn1)=CCC2NC. The molecule has 1 heterocycles. The van der Waals surface area contributed by atoms with Crippen LogP contribution in [0.1, 0.15) is 34.8 Å². The summed E-state index contributed by atoms with van der Waals surface area (Å²) in [7, 11) is 3.72. The molecule has 1 aliphatic carbocycles. The zero-order valence-corrected chi connectivity index (χ0v) is 14.5. The highest BCUT2D eigenvalue weighted by Crippen LogP contribution is 2.37. The molecule has 3 rings (SSSR count). The predicted molar refractivity (Wildman–Crippen MR) is 105 cm³/mol. The summed E-state index contributed by atoms with van der Waals surface area (Å²) in [5, 5.41) is 3.38. The van der Waals surface area contributed by atoms with E-state index in [0.717, 1.165) is 34.4 Å². The smallest absolute Gasteiger partial charge is 0.0725 e. The molecule has 0 spiro atoms. The highest BCUT2D eigenvalue weighted by Gasteiger charge is 2.22. The summed E-state index contributed by atoms with van der Waals surface area (Å²) in [4.78, 5) is 8.60. The van der Waals surface area contributed by atoms with Crippen LogP contribution in [-0.2, 0) is 0 Å². The van der Waals surface area contributed by atoms with Crippen molar-refractivity contribution in [3.63, 3.8) is 0 Å². The lowest BCUT2D eigenvalue weighted by Gasteiger charge is -2.26. The van der Waals surface area contributed by atoms with Crippen LogP contribution in [0.15, 0.2) is 53.8 Å². The van der Waals surface area contributed by atoms with Crippen molar-refractivity contribution in [2.45, 2.75) is 12.5 Å². The third-order valence-corrected chi connectivity index (χ3v) is 4.47. The first kappa shape index (κ1) is 16.9. The molecule has 25 heavy (non-hydrogen) atoms. The number of aromatic nitrogens is 1. The van der Waals surface area contributed by atoms with E-state index in [2.05, 4.69) is 39.6 Å². The molecule has 0 amide bonds. The molecule has 1 unspecified atom stereocenters. The van der Waals surface area contributed by atoms with Crippen LogP contribution in [0.3, 0.4) is 0 Å². The molecule has 0 bridgehead atoms. The molecule has 0 radical (unpaired) electrons. The Balaban J connectivity index is 2.15. The quantitative estimate of drug-likeness (QED) is 0.751. The standard InChI is InChI=1S/C20H23N5/c1-23-12-14(11-21)13-3-4-16-18(9-13)17(5-6-19(16)24-2)20-10-15(22)7-8-25-20/h3-5,7-12,19,24H,6,21H2,1-2H3,(H2,22,25). The van der Waals surface area contributed by atoms with Crippen molar-refractivity contribution in [1.82, 2.24) is 10.3 Å². The van der Waals surface area contributed by atoms with Crippen molar-refractivity contribution in [1.29, 1.82) is 0 Å². The first-order valence-electron chi connectivity index (χ1n) is 8.26. The van der Waals surface area contributed by atoms with E-state index in [1.54, 1.807) is 31.7 Å². The van der Waals surface area contributed by atoms with Crippen LogP contribution in [0.25, 0.3) is 11.1 Å². The number of nitrogens with one attached hydrogen (secondary N) is 1. The van der Waals surface area contributed by atoms with Crippen LogP contribution in [0, 0.1) is 0 Å². The van der Waals surface area contributed by atoms with Crippen molar-refractivity contribution >= 4 is 23.0 Å². The summed E-state index contributed by atoms with van der Waals surface area (Å²) in [6.45, 7) is 0. The Hall–Kier alpha value is -2.92. The second-order valence-electron chi connectivity index (χ2n) is 5.98. The summed E-state index contributed by atoms with van der Waals surface area (Å²) in [6.07, 6.45) is 8.21. The number of nitrogens with two attached hydrogens (primary N) is 2. The van der Waals surface area contributed by atoms with Gasteiger partial charge >= 0.3 is 0 Å². The minimum absolute atomic E-state index is 0.277. The Kier molecular flexibility index (Phi) is 4.95. The zero-order chi connectivity index (χ0) is 17.8. The topological polar surface area (TPSA) is 89.3 Å². The number of allylic oxidation sites excluding steroid dienone is 1. The van der Waals surface area contributed by atoms with Crippen LogP contribution < -0.4 is 16.8 Å². The molecule has 1 atom stereocenters. The van der Waals surface area contributed by atoms with E-state index in [1.807, 2.05) is 13.1 Å². The van der Waals surface area contributed by atoms with Gasteiger partial charge in [-0.15, -0.1) is 0 Å². The average molecular weight is 333 g/mol. The minimum Gasteiger partial charge on any atom is -0.404 e. The van der Waals surface area contributed by atoms with Gasteiger partial charge in [0.2, 0.25) is 0 Å². The van der Waals surface area contributed by atoms with E-state index in [4.69, 9.17) is 11.5 Å². The maximum atomic E-state index is 5.96. The van der Waals surface area contributed by atoms with Gasteiger partial charge in [0.15, 0.2) is 0 Å². The van der Waals surface area contributed by atoms with Crippen LogP contribution in [0.2, 0.25) is 0 Å². The van der Waals surface area contributed by atoms with E-state index >= 15 is 0 Å². The van der Waals surface area contributed by atoms with Gasteiger partial charge in [-0.05, 0) is 48.4 Å². The van der Waals surface area contributed by atoms with E-state index < -0.39 is 0 Å². The highest BCUT2D eigenvalue weighted by atomic mass is 14.9. The van der Waals surface area contributed by atoms with E-state index in [1.165, 1.54) is 5.56 Å². The summed E-state index contributed by atoms with van der Waals surface area (Å²) in [5.74, 6) is 0. The monoisotopic (exact) mass is 333 g/mol.